The van der Waals surface area contributed by atoms with Crippen LogP contribution in [-0.4, -0.2) is 15.6 Å². The molecule has 4 aliphatic rings. The minimum atomic E-state index is -0.905. The van der Waals surface area contributed by atoms with Crippen LogP contribution in [0.1, 0.15) is 92.4 Å². The maximum absolute atomic E-state index is 6.02. The summed E-state index contributed by atoms with van der Waals surface area (Å²) in [5.41, 5.74) is 3.37. The van der Waals surface area contributed by atoms with Gasteiger partial charge in [-0.1, -0.05) is 46.3 Å². The van der Waals surface area contributed by atoms with Gasteiger partial charge in [-0.25, -0.2) is 0 Å². The molecule has 4 aliphatic carbocycles. The van der Waals surface area contributed by atoms with Gasteiger partial charge in [-0.15, -0.1) is 0 Å². The van der Waals surface area contributed by atoms with Crippen LogP contribution in [0.5, 0.6) is 0 Å². The molecule has 0 saturated heterocycles. The third-order valence-corrected chi connectivity index (χ3v) is 11.4. The lowest BCUT2D eigenvalue weighted by Gasteiger charge is -2.61. The number of hydrogen-bond donors (Lipinski definition) is 0. The average Bonchev–Trinajstić information content (AvgIpc) is 2.96. The highest BCUT2D eigenvalue weighted by atomic mass is 28.3. The van der Waals surface area contributed by atoms with Gasteiger partial charge in [-0.3, -0.25) is 0 Å². The highest BCUT2D eigenvalue weighted by Crippen LogP contribution is 2.68. The highest BCUT2D eigenvalue weighted by Gasteiger charge is 2.59. The predicted molar refractivity (Wildman–Crippen MR) is 128 cm³/mol. The van der Waals surface area contributed by atoms with Gasteiger partial charge in [0.15, 0.2) is 9.04 Å². The largest absolute Gasteiger partial charge is 0.417 e. The molecule has 1 nitrogen and oxygen atoms in total. The van der Waals surface area contributed by atoms with E-state index >= 15 is 0 Å². The van der Waals surface area contributed by atoms with E-state index in [1.807, 2.05) is 0 Å². The van der Waals surface area contributed by atoms with Gasteiger partial charge in [0.25, 0.3) is 0 Å². The third-order valence-electron chi connectivity index (χ3n) is 10.5. The lowest BCUT2D eigenvalue weighted by molar-refractivity contribution is -0.114. The Bertz CT molecular complexity index is 631. The van der Waals surface area contributed by atoms with E-state index in [9.17, 15) is 0 Å². The van der Waals surface area contributed by atoms with Crippen LogP contribution in [-0.2, 0) is 4.43 Å². The molecule has 4 rings (SSSR count). The molecule has 2 unspecified atom stereocenters. The molecule has 29 heavy (non-hydrogen) atoms. The van der Waals surface area contributed by atoms with E-state index in [0.29, 0.717) is 16.2 Å². The van der Waals surface area contributed by atoms with E-state index in [1.54, 1.807) is 5.57 Å². The Hall–Kier alpha value is -0.0831. The first-order valence-electron chi connectivity index (χ1n) is 12.9. The molecule has 0 N–H and O–H groups in total. The molecule has 0 heterocycles. The van der Waals surface area contributed by atoms with Crippen molar-refractivity contribution in [2.45, 2.75) is 106 Å². The van der Waals surface area contributed by atoms with Crippen molar-refractivity contribution >= 4 is 9.04 Å². The number of rotatable bonds is 3. The fourth-order valence-corrected chi connectivity index (χ4v) is 9.05. The second-order valence-corrected chi connectivity index (χ2v) is 15.5. The molecule has 4 fully saturated rings. The van der Waals surface area contributed by atoms with Crippen molar-refractivity contribution in [2.75, 3.05) is 6.61 Å². The third kappa shape index (κ3) is 3.84. The van der Waals surface area contributed by atoms with E-state index in [0.717, 1.165) is 36.2 Å². The Morgan fingerprint density at radius 2 is 1.76 bits per heavy atom. The lowest BCUT2D eigenvalue weighted by Crippen LogP contribution is -2.53. The molecule has 0 amide bonds. The molecule has 166 valence electrons. The first-order valence-corrected chi connectivity index (χ1v) is 15.6. The molecule has 0 aromatic rings. The summed E-state index contributed by atoms with van der Waals surface area (Å²) < 4.78 is 6.02. The lowest BCUT2D eigenvalue weighted by atomic mass is 9.44. The Kier molecular flexibility index (Phi) is 5.95. The fourth-order valence-electron chi connectivity index (χ4n) is 8.57. The van der Waals surface area contributed by atoms with Crippen LogP contribution in [0.25, 0.3) is 0 Å². The second kappa shape index (κ2) is 7.80. The normalized spacial score (nSPS) is 46.5. The summed E-state index contributed by atoms with van der Waals surface area (Å²) in [7, 11) is -0.905. The summed E-state index contributed by atoms with van der Waals surface area (Å²) in [6, 6.07) is 0. The number of allylic oxidation sites excluding steroid dienone is 1. The van der Waals surface area contributed by atoms with E-state index < -0.39 is 9.04 Å². The molecule has 7 atom stereocenters. The van der Waals surface area contributed by atoms with Gasteiger partial charge in [-0.05, 0) is 117 Å². The maximum atomic E-state index is 6.02. The number of hydrogen-bond acceptors (Lipinski definition) is 1. The zero-order chi connectivity index (χ0) is 21.0. The van der Waals surface area contributed by atoms with Gasteiger partial charge in [0.05, 0.1) is 6.61 Å². The Balaban J connectivity index is 1.50. The minimum Gasteiger partial charge on any atom is -0.417 e. The zero-order valence-corrected chi connectivity index (χ0v) is 21.7. The molecular formula is C27H48OSi. The Labute approximate surface area is 183 Å². The van der Waals surface area contributed by atoms with Crippen LogP contribution < -0.4 is 0 Å². The molecular weight excluding hydrogens is 368 g/mol. The van der Waals surface area contributed by atoms with Crippen LogP contribution >= 0.6 is 0 Å². The van der Waals surface area contributed by atoms with E-state index in [2.05, 4.69) is 53.8 Å². The SMILES string of the molecule is C[SiH](C)OCC=C1CC[C@H]2[C@@H]3CCC4CC(C(C)(C)C)CC[C@]4(C)[C@H]3CC[C@]12C. The molecule has 0 aromatic carbocycles. The first kappa shape index (κ1) is 22.1. The van der Waals surface area contributed by atoms with E-state index in [-0.39, 0.29) is 0 Å². The van der Waals surface area contributed by atoms with Crippen molar-refractivity contribution < 1.29 is 4.43 Å². The summed E-state index contributed by atoms with van der Waals surface area (Å²) in [6.07, 6.45) is 15.7. The van der Waals surface area contributed by atoms with Crippen molar-refractivity contribution in [3.63, 3.8) is 0 Å². The van der Waals surface area contributed by atoms with Gasteiger partial charge >= 0.3 is 0 Å². The molecule has 4 saturated carbocycles. The summed E-state index contributed by atoms with van der Waals surface area (Å²) in [6.45, 7) is 18.3. The van der Waals surface area contributed by atoms with Crippen LogP contribution in [0.4, 0.5) is 0 Å². The fraction of sp³-hybridized carbons (Fsp3) is 0.926. The summed E-state index contributed by atoms with van der Waals surface area (Å²) >= 11 is 0. The second-order valence-electron chi connectivity index (χ2n) is 13.1. The summed E-state index contributed by atoms with van der Waals surface area (Å²) in [5, 5.41) is 0. The zero-order valence-electron chi connectivity index (χ0n) is 20.5. The maximum Gasteiger partial charge on any atom is 0.171 e. The predicted octanol–water partition coefficient (Wildman–Crippen LogP) is 7.62. The van der Waals surface area contributed by atoms with Crippen LogP contribution in [0.2, 0.25) is 13.1 Å². The van der Waals surface area contributed by atoms with Crippen LogP contribution in [0.3, 0.4) is 0 Å². The first-order chi connectivity index (χ1) is 13.6. The Morgan fingerprint density at radius 1 is 1.00 bits per heavy atom. The number of fused-ring (bicyclic) bond motifs is 5. The van der Waals surface area contributed by atoms with Crippen molar-refractivity contribution in [2.24, 2.45) is 45.8 Å². The smallest absolute Gasteiger partial charge is 0.171 e. The highest BCUT2D eigenvalue weighted by molar-refractivity contribution is 6.48. The summed E-state index contributed by atoms with van der Waals surface area (Å²) in [5.74, 6) is 4.87. The van der Waals surface area contributed by atoms with E-state index in [4.69, 9.17) is 4.43 Å². The van der Waals surface area contributed by atoms with Crippen molar-refractivity contribution in [1.29, 1.82) is 0 Å². The quantitative estimate of drug-likeness (QED) is 0.339. The summed E-state index contributed by atoms with van der Waals surface area (Å²) in [4.78, 5) is 0. The monoisotopic (exact) mass is 416 g/mol. The van der Waals surface area contributed by atoms with Crippen molar-refractivity contribution in [3.8, 4) is 0 Å². The molecule has 2 heteroatoms. The molecule has 0 spiro atoms. The molecule has 0 aromatic heterocycles. The van der Waals surface area contributed by atoms with Gasteiger partial charge in [-0.2, -0.15) is 0 Å². The molecule has 0 radical (unpaired) electrons. The van der Waals surface area contributed by atoms with Crippen molar-refractivity contribution in [3.05, 3.63) is 11.6 Å². The Morgan fingerprint density at radius 3 is 2.45 bits per heavy atom. The van der Waals surface area contributed by atoms with Gasteiger partial charge < -0.3 is 4.43 Å². The van der Waals surface area contributed by atoms with Crippen LogP contribution in [0.15, 0.2) is 11.6 Å². The van der Waals surface area contributed by atoms with E-state index in [1.165, 1.54) is 57.8 Å². The standard InChI is InChI=1S/C27H48OSi/c1-25(2,3)20-12-15-27(5)21(18-20)8-10-22-23-11-9-19(14-17-28-29(6)7)26(23,4)16-13-24(22)27/h14,20-24,29H,8-13,15-18H2,1-7H3/t20?,21?,22-,23-,24-,26+,27-/m0/s1. The average molecular weight is 417 g/mol. The van der Waals surface area contributed by atoms with Crippen LogP contribution in [0, 0.1) is 45.8 Å². The van der Waals surface area contributed by atoms with Crippen molar-refractivity contribution in [1.82, 2.24) is 0 Å². The molecule has 0 bridgehead atoms. The van der Waals surface area contributed by atoms with Gasteiger partial charge in [0.2, 0.25) is 0 Å². The van der Waals surface area contributed by atoms with Gasteiger partial charge in [0.1, 0.15) is 0 Å². The van der Waals surface area contributed by atoms with Gasteiger partial charge in [0, 0.05) is 0 Å². The molecule has 0 aliphatic heterocycles. The topological polar surface area (TPSA) is 9.23 Å². The minimum absolute atomic E-state index is 0.481.